The number of carbonyl (C=O) groups excluding carboxylic acids is 2. The molecule has 1 amide bonds. The Hall–Kier alpha value is -2.35. The maximum Gasteiger partial charge on any atom is 0.325 e. The van der Waals surface area contributed by atoms with Gasteiger partial charge in [0.2, 0.25) is 0 Å². The fourth-order valence-corrected chi connectivity index (χ4v) is 4.01. The number of nitrogens with zero attached hydrogens (tertiary/aromatic N) is 2. The minimum Gasteiger partial charge on any atom is -0.496 e. The van der Waals surface area contributed by atoms with Gasteiger partial charge >= 0.3 is 5.97 Å². The highest BCUT2D eigenvalue weighted by molar-refractivity contribution is 7.16. The molecule has 0 bridgehead atoms. The molecule has 0 unspecified atom stereocenters. The molecule has 6 nitrogen and oxygen atoms in total. The molecule has 0 fully saturated rings. The quantitative estimate of drug-likeness (QED) is 0.594. The van der Waals surface area contributed by atoms with Crippen molar-refractivity contribution in [3.8, 4) is 5.75 Å². The third-order valence-electron chi connectivity index (χ3n) is 3.78. The molecule has 27 heavy (non-hydrogen) atoms. The van der Waals surface area contributed by atoms with Gasteiger partial charge in [-0.15, -0.1) is 0 Å². The Bertz CT molecular complexity index is 1100. The van der Waals surface area contributed by atoms with Crippen LogP contribution < -0.4 is 9.54 Å². The summed E-state index contributed by atoms with van der Waals surface area (Å²) < 4.78 is 12.2. The Kier molecular flexibility index (Phi) is 5.84. The summed E-state index contributed by atoms with van der Waals surface area (Å²) in [4.78, 5) is 29.1. The number of hydrogen-bond acceptors (Lipinski definition) is 5. The van der Waals surface area contributed by atoms with Crippen LogP contribution in [0.5, 0.6) is 5.75 Å². The number of aromatic nitrogens is 1. The Balaban J connectivity index is 2.22. The first-order valence-electron chi connectivity index (χ1n) is 7.72. The van der Waals surface area contributed by atoms with Crippen LogP contribution in [0.25, 0.3) is 10.2 Å². The maximum atomic E-state index is 12.7. The second-order valence-electron chi connectivity index (χ2n) is 5.37. The van der Waals surface area contributed by atoms with Crippen LogP contribution in [0, 0.1) is 0 Å². The van der Waals surface area contributed by atoms with Crippen LogP contribution in [0.15, 0.2) is 41.4 Å². The first-order valence-corrected chi connectivity index (χ1v) is 9.29. The molecule has 1 aromatic heterocycles. The third kappa shape index (κ3) is 3.85. The van der Waals surface area contributed by atoms with Gasteiger partial charge in [-0.2, -0.15) is 4.99 Å². The SMILES string of the molecule is COC(=O)Cn1c(=NC(=O)c2ccccc2OC)sc2ccc(Cl)c(Cl)c21. The lowest BCUT2D eigenvalue weighted by Gasteiger charge is -2.06. The molecular formula is C18H14Cl2N2O4S. The summed E-state index contributed by atoms with van der Waals surface area (Å²) in [6.07, 6.45) is 0. The molecule has 2 aromatic carbocycles. The lowest BCUT2D eigenvalue weighted by Crippen LogP contribution is -2.22. The van der Waals surface area contributed by atoms with Crippen molar-refractivity contribution in [1.82, 2.24) is 4.57 Å². The smallest absolute Gasteiger partial charge is 0.325 e. The van der Waals surface area contributed by atoms with Gasteiger partial charge in [0.05, 0.1) is 40.0 Å². The van der Waals surface area contributed by atoms with E-state index in [2.05, 4.69) is 4.99 Å². The number of amides is 1. The van der Waals surface area contributed by atoms with Gasteiger partial charge in [0.25, 0.3) is 5.91 Å². The third-order valence-corrected chi connectivity index (χ3v) is 5.62. The lowest BCUT2D eigenvalue weighted by atomic mass is 10.2. The van der Waals surface area contributed by atoms with Crippen LogP contribution in [0.4, 0.5) is 0 Å². The number of halogens is 2. The predicted molar refractivity (Wildman–Crippen MR) is 105 cm³/mol. The number of benzene rings is 2. The largest absolute Gasteiger partial charge is 0.496 e. The van der Waals surface area contributed by atoms with E-state index in [0.717, 1.165) is 4.70 Å². The number of fused-ring (bicyclic) bond motifs is 1. The molecule has 0 atom stereocenters. The van der Waals surface area contributed by atoms with Gasteiger partial charge in [0, 0.05) is 0 Å². The van der Waals surface area contributed by atoms with Crippen molar-refractivity contribution in [2.24, 2.45) is 4.99 Å². The summed E-state index contributed by atoms with van der Waals surface area (Å²) in [5.41, 5.74) is 0.831. The molecule has 1 heterocycles. The van der Waals surface area contributed by atoms with Gasteiger partial charge < -0.3 is 14.0 Å². The molecule has 0 N–H and O–H groups in total. The van der Waals surface area contributed by atoms with Crippen LogP contribution in [-0.2, 0) is 16.1 Å². The van der Waals surface area contributed by atoms with E-state index in [9.17, 15) is 9.59 Å². The van der Waals surface area contributed by atoms with Crippen molar-refractivity contribution in [2.75, 3.05) is 14.2 Å². The lowest BCUT2D eigenvalue weighted by molar-refractivity contribution is -0.141. The number of rotatable bonds is 4. The van der Waals surface area contributed by atoms with Crippen molar-refractivity contribution >= 4 is 56.6 Å². The number of methoxy groups -OCH3 is 2. The predicted octanol–water partition coefficient (Wildman–Crippen LogP) is 3.93. The standard InChI is InChI=1S/C18H14Cl2N2O4S/c1-25-12-6-4-3-5-10(12)17(24)21-18-22(9-14(23)26-2)16-13(27-18)8-7-11(19)15(16)20/h3-8H,9H2,1-2H3. The molecule has 0 radical (unpaired) electrons. The average molecular weight is 425 g/mol. The molecule has 9 heteroatoms. The maximum absolute atomic E-state index is 12.7. The Labute approximate surface area is 168 Å². The van der Waals surface area contributed by atoms with E-state index in [1.54, 1.807) is 36.4 Å². The Morgan fingerprint density at radius 2 is 1.89 bits per heavy atom. The van der Waals surface area contributed by atoms with Crippen LogP contribution in [0.2, 0.25) is 10.0 Å². The molecule has 0 aliphatic carbocycles. The molecule has 3 aromatic rings. The average Bonchev–Trinajstić information content (AvgIpc) is 3.02. The minimum absolute atomic E-state index is 0.158. The first kappa shape index (κ1) is 19.4. The van der Waals surface area contributed by atoms with E-state index in [4.69, 9.17) is 32.7 Å². The highest BCUT2D eigenvalue weighted by Gasteiger charge is 2.17. The normalized spacial score (nSPS) is 11.6. The van der Waals surface area contributed by atoms with Crippen LogP contribution >= 0.6 is 34.5 Å². The summed E-state index contributed by atoms with van der Waals surface area (Å²) in [6.45, 7) is -0.158. The number of hydrogen-bond donors (Lipinski definition) is 0. The zero-order valence-electron chi connectivity index (χ0n) is 14.4. The number of thiazole rings is 1. The molecule has 3 rings (SSSR count). The van der Waals surface area contributed by atoms with E-state index in [1.165, 1.54) is 30.1 Å². The van der Waals surface area contributed by atoms with Crippen LogP contribution in [0.3, 0.4) is 0 Å². The van der Waals surface area contributed by atoms with Gasteiger partial charge in [-0.05, 0) is 24.3 Å². The summed E-state index contributed by atoms with van der Waals surface area (Å²) in [5.74, 6) is -0.593. The molecule has 0 aliphatic heterocycles. The molecule has 0 aliphatic rings. The first-order chi connectivity index (χ1) is 13.0. The zero-order valence-corrected chi connectivity index (χ0v) is 16.7. The van der Waals surface area contributed by atoms with Crippen molar-refractivity contribution in [3.63, 3.8) is 0 Å². The van der Waals surface area contributed by atoms with E-state index < -0.39 is 11.9 Å². The van der Waals surface area contributed by atoms with Gasteiger partial charge in [0.15, 0.2) is 4.80 Å². The monoisotopic (exact) mass is 424 g/mol. The van der Waals surface area contributed by atoms with E-state index in [1.807, 2.05) is 0 Å². The van der Waals surface area contributed by atoms with E-state index in [0.29, 0.717) is 26.7 Å². The fourth-order valence-electron chi connectivity index (χ4n) is 2.50. The number of esters is 1. The topological polar surface area (TPSA) is 69.9 Å². The van der Waals surface area contributed by atoms with Crippen LogP contribution in [0.1, 0.15) is 10.4 Å². The molecule has 0 spiro atoms. The van der Waals surface area contributed by atoms with Gasteiger partial charge in [-0.3, -0.25) is 9.59 Å². The van der Waals surface area contributed by atoms with Gasteiger partial charge in [0.1, 0.15) is 12.3 Å². The molecule has 0 saturated heterocycles. The fraction of sp³-hybridized carbons (Fsp3) is 0.167. The van der Waals surface area contributed by atoms with E-state index >= 15 is 0 Å². The highest BCUT2D eigenvalue weighted by Crippen LogP contribution is 2.32. The van der Waals surface area contributed by atoms with Gasteiger partial charge in [-0.25, -0.2) is 0 Å². The second kappa shape index (κ2) is 8.12. The summed E-state index contributed by atoms with van der Waals surface area (Å²) in [7, 11) is 2.76. The summed E-state index contributed by atoms with van der Waals surface area (Å²) in [5, 5.41) is 0.615. The van der Waals surface area contributed by atoms with Crippen molar-refractivity contribution in [3.05, 3.63) is 56.8 Å². The van der Waals surface area contributed by atoms with E-state index in [-0.39, 0.29) is 11.6 Å². The Morgan fingerprint density at radius 3 is 2.59 bits per heavy atom. The van der Waals surface area contributed by atoms with Crippen molar-refractivity contribution in [1.29, 1.82) is 0 Å². The number of ether oxygens (including phenoxy) is 2. The minimum atomic E-state index is -0.503. The van der Waals surface area contributed by atoms with Gasteiger partial charge in [-0.1, -0.05) is 46.7 Å². The molecule has 140 valence electrons. The zero-order chi connectivity index (χ0) is 19.6. The Morgan fingerprint density at radius 1 is 1.15 bits per heavy atom. The molecular weight excluding hydrogens is 411 g/mol. The molecule has 0 saturated carbocycles. The number of carbonyl (C=O) groups is 2. The van der Waals surface area contributed by atoms with Crippen molar-refractivity contribution in [2.45, 2.75) is 6.54 Å². The number of para-hydroxylation sites is 1. The summed E-state index contributed by atoms with van der Waals surface area (Å²) in [6, 6.07) is 10.2. The van der Waals surface area contributed by atoms with Crippen molar-refractivity contribution < 1.29 is 19.1 Å². The summed E-state index contributed by atoms with van der Waals surface area (Å²) >= 11 is 13.7. The highest BCUT2D eigenvalue weighted by atomic mass is 35.5. The van der Waals surface area contributed by atoms with Crippen LogP contribution in [-0.4, -0.2) is 30.7 Å². The second-order valence-corrected chi connectivity index (χ2v) is 7.17.